The zero-order chi connectivity index (χ0) is 17.7. The summed E-state index contributed by atoms with van der Waals surface area (Å²) in [5, 5.41) is 9.78. The highest BCUT2D eigenvalue weighted by molar-refractivity contribution is 7.18. The highest BCUT2D eigenvalue weighted by atomic mass is 32.1. The van der Waals surface area contributed by atoms with E-state index in [1.54, 1.807) is 4.68 Å². The van der Waals surface area contributed by atoms with Crippen molar-refractivity contribution in [1.82, 2.24) is 30.0 Å². The van der Waals surface area contributed by atoms with E-state index in [0.29, 0.717) is 22.1 Å². The standard InChI is InChI=1S/C18H18N6OS/c1-24-9-12-8-11(2-3-13(12)23-24)15-20-16-14(17(25)21-15)26-18(22-16)10-4-6-19-7-5-10/h2-3,8-10,19H,4-7H2,1H3,(H,20,21,25). The smallest absolute Gasteiger partial charge is 0.270 e. The van der Waals surface area contributed by atoms with Crippen LogP contribution in [0, 0.1) is 0 Å². The van der Waals surface area contributed by atoms with Gasteiger partial charge in [-0.2, -0.15) is 5.10 Å². The largest absolute Gasteiger partial charge is 0.317 e. The average Bonchev–Trinajstić information content (AvgIpc) is 3.24. The number of aromatic nitrogens is 5. The lowest BCUT2D eigenvalue weighted by Gasteiger charge is -2.20. The second-order valence-electron chi connectivity index (χ2n) is 6.72. The molecular weight excluding hydrogens is 348 g/mol. The molecule has 3 aromatic heterocycles. The van der Waals surface area contributed by atoms with Gasteiger partial charge in [-0.1, -0.05) is 0 Å². The second kappa shape index (κ2) is 6.00. The van der Waals surface area contributed by atoms with E-state index in [-0.39, 0.29) is 5.56 Å². The highest BCUT2D eigenvalue weighted by Crippen LogP contribution is 2.31. The number of nitrogens with one attached hydrogen (secondary N) is 2. The van der Waals surface area contributed by atoms with Crippen LogP contribution in [0.2, 0.25) is 0 Å². The molecule has 1 aliphatic heterocycles. The van der Waals surface area contributed by atoms with Crippen LogP contribution in [0.25, 0.3) is 32.6 Å². The first kappa shape index (κ1) is 15.7. The molecule has 0 aliphatic carbocycles. The van der Waals surface area contributed by atoms with Crippen molar-refractivity contribution in [2.75, 3.05) is 13.1 Å². The Morgan fingerprint density at radius 3 is 2.92 bits per heavy atom. The number of nitrogens with zero attached hydrogens (tertiary/aromatic N) is 4. The molecular formula is C18H18N6OS. The second-order valence-corrected chi connectivity index (χ2v) is 7.75. The summed E-state index contributed by atoms with van der Waals surface area (Å²) in [5.41, 5.74) is 2.21. The first-order chi connectivity index (χ1) is 12.7. The Balaban J connectivity index is 1.60. The van der Waals surface area contributed by atoms with Gasteiger partial charge in [0.1, 0.15) is 10.5 Å². The van der Waals surface area contributed by atoms with Crippen LogP contribution in [-0.4, -0.2) is 37.8 Å². The maximum Gasteiger partial charge on any atom is 0.270 e. The normalized spacial score (nSPS) is 15.9. The minimum absolute atomic E-state index is 0.117. The lowest BCUT2D eigenvalue weighted by atomic mass is 9.99. The van der Waals surface area contributed by atoms with Gasteiger partial charge in [-0.15, -0.1) is 11.3 Å². The van der Waals surface area contributed by atoms with Crippen molar-refractivity contribution in [2.45, 2.75) is 18.8 Å². The lowest BCUT2D eigenvalue weighted by Crippen LogP contribution is -2.26. The summed E-state index contributed by atoms with van der Waals surface area (Å²) in [6.45, 7) is 2.00. The van der Waals surface area contributed by atoms with E-state index in [1.165, 1.54) is 11.3 Å². The summed E-state index contributed by atoms with van der Waals surface area (Å²) in [7, 11) is 1.89. The third-order valence-corrected chi connectivity index (χ3v) is 6.07. The molecule has 1 fully saturated rings. The molecule has 26 heavy (non-hydrogen) atoms. The van der Waals surface area contributed by atoms with Crippen LogP contribution in [-0.2, 0) is 7.05 Å². The third-order valence-electron chi connectivity index (χ3n) is 4.86. The topological polar surface area (TPSA) is 88.5 Å². The molecule has 0 atom stereocenters. The Labute approximate surface area is 153 Å². The molecule has 7 nitrogen and oxygen atoms in total. The van der Waals surface area contributed by atoms with E-state index >= 15 is 0 Å². The van der Waals surface area contributed by atoms with E-state index in [2.05, 4.69) is 20.4 Å². The number of fused-ring (bicyclic) bond motifs is 2. The van der Waals surface area contributed by atoms with Gasteiger partial charge < -0.3 is 10.3 Å². The molecule has 4 heterocycles. The van der Waals surface area contributed by atoms with Crippen LogP contribution in [0.1, 0.15) is 23.8 Å². The number of thiazole rings is 1. The van der Waals surface area contributed by atoms with E-state index in [1.807, 2.05) is 31.4 Å². The Morgan fingerprint density at radius 2 is 2.08 bits per heavy atom. The van der Waals surface area contributed by atoms with Crippen molar-refractivity contribution in [3.8, 4) is 11.4 Å². The quantitative estimate of drug-likeness (QED) is 0.569. The van der Waals surface area contributed by atoms with Gasteiger partial charge in [0.2, 0.25) is 0 Å². The monoisotopic (exact) mass is 366 g/mol. The van der Waals surface area contributed by atoms with Crippen LogP contribution in [0.4, 0.5) is 0 Å². The van der Waals surface area contributed by atoms with Gasteiger partial charge in [-0.05, 0) is 44.1 Å². The van der Waals surface area contributed by atoms with Crippen molar-refractivity contribution in [3.05, 3.63) is 39.8 Å². The number of piperidine rings is 1. The van der Waals surface area contributed by atoms with Gasteiger partial charge in [0.05, 0.1) is 10.5 Å². The van der Waals surface area contributed by atoms with Crippen molar-refractivity contribution in [3.63, 3.8) is 0 Å². The first-order valence-corrected chi connectivity index (χ1v) is 9.54. The summed E-state index contributed by atoms with van der Waals surface area (Å²) in [6.07, 6.45) is 4.07. The number of rotatable bonds is 2. The molecule has 1 aliphatic rings. The molecule has 5 rings (SSSR count). The Kier molecular flexibility index (Phi) is 3.61. The Bertz CT molecular complexity index is 1170. The molecule has 2 N–H and O–H groups in total. The van der Waals surface area contributed by atoms with Crippen molar-refractivity contribution in [1.29, 1.82) is 0 Å². The summed E-state index contributed by atoms with van der Waals surface area (Å²) in [6, 6.07) is 5.86. The highest BCUT2D eigenvalue weighted by Gasteiger charge is 2.21. The number of hydrogen-bond acceptors (Lipinski definition) is 6. The first-order valence-electron chi connectivity index (χ1n) is 8.72. The van der Waals surface area contributed by atoms with Gasteiger partial charge >= 0.3 is 0 Å². The molecule has 132 valence electrons. The van der Waals surface area contributed by atoms with E-state index in [9.17, 15) is 4.79 Å². The van der Waals surface area contributed by atoms with Gasteiger partial charge in [-0.25, -0.2) is 9.97 Å². The molecule has 1 saturated heterocycles. The SMILES string of the molecule is Cn1cc2cc(-c3nc4nc(C5CCNCC5)sc4c(=O)[nH]3)ccc2n1. The minimum atomic E-state index is -0.117. The maximum absolute atomic E-state index is 12.6. The van der Waals surface area contributed by atoms with Gasteiger partial charge in [0.25, 0.3) is 5.56 Å². The summed E-state index contributed by atoms with van der Waals surface area (Å²) < 4.78 is 2.39. The summed E-state index contributed by atoms with van der Waals surface area (Å²) in [4.78, 5) is 24.8. The number of aromatic amines is 1. The molecule has 0 saturated carbocycles. The molecule has 0 bridgehead atoms. The van der Waals surface area contributed by atoms with Crippen LogP contribution in [0.3, 0.4) is 0 Å². The molecule has 4 aromatic rings. The zero-order valence-corrected chi connectivity index (χ0v) is 15.1. The fourth-order valence-electron chi connectivity index (χ4n) is 3.53. The predicted octanol–water partition coefficient (Wildman–Crippen LogP) is 2.40. The van der Waals surface area contributed by atoms with Crippen molar-refractivity contribution >= 4 is 32.6 Å². The fourth-order valence-corrected chi connectivity index (χ4v) is 4.60. The third kappa shape index (κ3) is 2.62. The molecule has 0 spiro atoms. The molecule has 8 heteroatoms. The van der Waals surface area contributed by atoms with Crippen LogP contribution >= 0.6 is 11.3 Å². The van der Waals surface area contributed by atoms with E-state index in [4.69, 9.17) is 4.98 Å². The van der Waals surface area contributed by atoms with Crippen LogP contribution in [0.15, 0.2) is 29.2 Å². The number of hydrogen-bond donors (Lipinski definition) is 2. The van der Waals surface area contributed by atoms with Crippen molar-refractivity contribution in [2.24, 2.45) is 7.05 Å². The summed E-state index contributed by atoms with van der Waals surface area (Å²) in [5.74, 6) is 0.973. The fraction of sp³-hybridized carbons (Fsp3) is 0.333. The zero-order valence-electron chi connectivity index (χ0n) is 14.3. The average molecular weight is 366 g/mol. The lowest BCUT2D eigenvalue weighted by molar-refractivity contribution is 0.459. The Morgan fingerprint density at radius 1 is 1.23 bits per heavy atom. The van der Waals surface area contributed by atoms with Gasteiger partial charge in [0, 0.05) is 30.1 Å². The van der Waals surface area contributed by atoms with Crippen molar-refractivity contribution < 1.29 is 0 Å². The molecule has 0 unspecified atom stereocenters. The van der Waals surface area contributed by atoms with Crippen LogP contribution < -0.4 is 10.9 Å². The Hall–Kier alpha value is -2.58. The van der Waals surface area contributed by atoms with Gasteiger partial charge in [0.15, 0.2) is 5.65 Å². The maximum atomic E-state index is 12.6. The number of H-pyrrole nitrogens is 1. The van der Waals surface area contributed by atoms with E-state index < -0.39 is 0 Å². The summed E-state index contributed by atoms with van der Waals surface area (Å²) >= 11 is 1.48. The number of benzene rings is 1. The minimum Gasteiger partial charge on any atom is -0.317 e. The molecule has 1 aromatic carbocycles. The van der Waals surface area contributed by atoms with Gasteiger partial charge in [-0.3, -0.25) is 9.48 Å². The van der Waals surface area contributed by atoms with Crippen LogP contribution in [0.5, 0.6) is 0 Å². The van der Waals surface area contributed by atoms with E-state index in [0.717, 1.165) is 47.4 Å². The number of aryl methyl sites for hydroxylation is 1. The predicted molar refractivity (Wildman–Crippen MR) is 103 cm³/mol. The molecule has 0 radical (unpaired) electrons. The molecule has 0 amide bonds.